The van der Waals surface area contributed by atoms with E-state index in [1.54, 1.807) is 0 Å². The van der Waals surface area contributed by atoms with Gasteiger partial charge in [-0.15, -0.1) is 6.42 Å². The number of hydrogen-bond donors (Lipinski definition) is 1. The van der Waals surface area contributed by atoms with Gasteiger partial charge in [-0.05, 0) is 19.4 Å². The van der Waals surface area contributed by atoms with E-state index in [0.717, 1.165) is 25.8 Å². The molecule has 0 bridgehead atoms. The van der Waals surface area contributed by atoms with E-state index in [1.807, 2.05) is 0 Å². The third-order valence-corrected chi connectivity index (χ3v) is 1.89. The summed E-state index contributed by atoms with van der Waals surface area (Å²) in [5, 5.41) is 3.08. The second-order valence-electron chi connectivity index (χ2n) is 2.81. The van der Waals surface area contributed by atoms with Crippen LogP contribution in [0.4, 0.5) is 0 Å². The number of carbonyl (C=O) groups is 1. The summed E-state index contributed by atoms with van der Waals surface area (Å²) in [6, 6.07) is -0.132. The lowest BCUT2D eigenvalue weighted by Crippen LogP contribution is -2.41. The third-order valence-electron chi connectivity index (χ3n) is 1.89. The molecule has 1 aliphatic heterocycles. The number of rotatable bonds is 2. The first-order valence-corrected chi connectivity index (χ1v) is 4.18. The Morgan fingerprint density at radius 2 is 2.50 bits per heavy atom. The molecule has 1 atom stereocenters. The summed E-state index contributed by atoms with van der Waals surface area (Å²) >= 11 is 0. The molecule has 0 saturated carbocycles. The Labute approximate surface area is 72.5 Å². The Kier molecular flexibility index (Phi) is 3.62. The van der Waals surface area contributed by atoms with Crippen molar-refractivity contribution in [3.8, 4) is 12.3 Å². The molecule has 1 saturated heterocycles. The lowest BCUT2D eigenvalue weighted by atomic mass is 10.1. The molecular weight excluding hydrogens is 154 g/mol. The quantitative estimate of drug-likeness (QED) is 0.475. The van der Waals surface area contributed by atoms with E-state index in [4.69, 9.17) is 11.2 Å². The Hall–Kier alpha value is -1.01. The van der Waals surface area contributed by atoms with Gasteiger partial charge in [0, 0.05) is 0 Å². The van der Waals surface area contributed by atoms with E-state index in [1.165, 1.54) is 0 Å². The van der Waals surface area contributed by atoms with Crippen LogP contribution in [-0.2, 0) is 9.53 Å². The van der Waals surface area contributed by atoms with E-state index in [9.17, 15) is 4.79 Å². The van der Waals surface area contributed by atoms with Crippen LogP contribution in [-0.4, -0.2) is 25.2 Å². The molecule has 0 aliphatic carbocycles. The highest BCUT2D eigenvalue weighted by molar-refractivity contribution is 5.76. The smallest absolute Gasteiger partial charge is 0.324 e. The van der Waals surface area contributed by atoms with Gasteiger partial charge in [-0.25, -0.2) is 0 Å². The second kappa shape index (κ2) is 4.78. The maximum absolute atomic E-state index is 11.2. The fourth-order valence-electron chi connectivity index (χ4n) is 1.27. The van der Waals surface area contributed by atoms with Crippen LogP contribution in [0.5, 0.6) is 0 Å². The number of terminal acetylenes is 1. The fourth-order valence-corrected chi connectivity index (χ4v) is 1.27. The summed E-state index contributed by atoms with van der Waals surface area (Å²) in [6.07, 6.45) is 8.05. The highest BCUT2D eigenvalue weighted by Crippen LogP contribution is 2.07. The molecule has 1 unspecified atom stereocenters. The van der Waals surface area contributed by atoms with Crippen LogP contribution in [0.2, 0.25) is 0 Å². The summed E-state index contributed by atoms with van der Waals surface area (Å²) < 4.78 is 4.79. The van der Waals surface area contributed by atoms with Crippen LogP contribution in [0.25, 0.3) is 0 Å². The summed E-state index contributed by atoms with van der Waals surface area (Å²) in [7, 11) is 0. The Bertz CT molecular complexity index is 189. The van der Waals surface area contributed by atoms with Gasteiger partial charge in [0.15, 0.2) is 6.61 Å². The molecule has 0 radical (unpaired) electrons. The molecule has 3 nitrogen and oxygen atoms in total. The van der Waals surface area contributed by atoms with Crippen LogP contribution in [0.15, 0.2) is 0 Å². The fraction of sp³-hybridized carbons (Fsp3) is 0.667. The zero-order chi connectivity index (χ0) is 8.81. The van der Waals surface area contributed by atoms with Gasteiger partial charge < -0.3 is 10.1 Å². The molecule has 1 fully saturated rings. The van der Waals surface area contributed by atoms with Gasteiger partial charge in [0.1, 0.15) is 6.04 Å². The van der Waals surface area contributed by atoms with Crippen molar-refractivity contribution in [3.63, 3.8) is 0 Å². The zero-order valence-electron chi connectivity index (χ0n) is 7.01. The predicted octanol–water partition coefficient (Wildman–Crippen LogP) is 0.305. The summed E-state index contributed by atoms with van der Waals surface area (Å²) in [6.45, 7) is 0.979. The Morgan fingerprint density at radius 1 is 1.67 bits per heavy atom. The van der Waals surface area contributed by atoms with Crippen molar-refractivity contribution < 1.29 is 9.53 Å². The van der Waals surface area contributed by atoms with Gasteiger partial charge in [-0.3, -0.25) is 4.79 Å². The minimum absolute atomic E-state index is 0.0804. The molecule has 1 N–H and O–H groups in total. The molecule has 1 rings (SSSR count). The number of piperidine rings is 1. The van der Waals surface area contributed by atoms with Crippen molar-refractivity contribution in [3.05, 3.63) is 0 Å². The van der Waals surface area contributed by atoms with E-state index in [2.05, 4.69) is 11.2 Å². The van der Waals surface area contributed by atoms with Crippen LogP contribution < -0.4 is 5.32 Å². The number of ether oxygens (including phenoxy) is 1. The van der Waals surface area contributed by atoms with Crippen molar-refractivity contribution in [2.45, 2.75) is 25.3 Å². The lowest BCUT2D eigenvalue weighted by molar-refractivity contribution is -0.145. The van der Waals surface area contributed by atoms with Crippen molar-refractivity contribution >= 4 is 5.97 Å². The molecule has 0 aromatic rings. The van der Waals surface area contributed by atoms with Crippen LogP contribution in [0.1, 0.15) is 19.3 Å². The first kappa shape index (κ1) is 9.08. The number of hydrogen-bond acceptors (Lipinski definition) is 3. The van der Waals surface area contributed by atoms with Crippen LogP contribution in [0, 0.1) is 12.3 Å². The minimum Gasteiger partial charge on any atom is -0.451 e. The van der Waals surface area contributed by atoms with Gasteiger partial charge in [0.25, 0.3) is 0 Å². The predicted molar refractivity (Wildman–Crippen MR) is 45.4 cm³/mol. The zero-order valence-corrected chi connectivity index (χ0v) is 7.01. The lowest BCUT2D eigenvalue weighted by Gasteiger charge is -2.20. The van der Waals surface area contributed by atoms with Gasteiger partial charge >= 0.3 is 5.97 Å². The summed E-state index contributed by atoms with van der Waals surface area (Å²) in [5.41, 5.74) is 0. The van der Waals surface area contributed by atoms with Gasteiger partial charge in [0.05, 0.1) is 0 Å². The third kappa shape index (κ3) is 2.55. The van der Waals surface area contributed by atoms with E-state index in [0.29, 0.717) is 0 Å². The molecule has 12 heavy (non-hydrogen) atoms. The molecule has 0 aromatic heterocycles. The first-order valence-electron chi connectivity index (χ1n) is 4.18. The van der Waals surface area contributed by atoms with Gasteiger partial charge in [0.2, 0.25) is 0 Å². The van der Waals surface area contributed by atoms with Gasteiger partial charge in [-0.1, -0.05) is 12.3 Å². The molecule has 0 amide bonds. The van der Waals surface area contributed by atoms with Crippen molar-refractivity contribution in [1.29, 1.82) is 0 Å². The van der Waals surface area contributed by atoms with Crippen molar-refractivity contribution in [2.24, 2.45) is 0 Å². The highest BCUT2D eigenvalue weighted by atomic mass is 16.5. The average Bonchev–Trinajstić information content (AvgIpc) is 2.15. The van der Waals surface area contributed by atoms with Crippen molar-refractivity contribution in [2.75, 3.05) is 13.2 Å². The van der Waals surface area contributed by atoms with Crippen molar-refractivity contribution in [1.82, 2.24) is 5.32 Å². The largest absolute Gasteiger partial charge is 0.451 e. The molecule has 0 spiro atoms. The monoisotopic (exact) mass is 167 g/mol. The molecule has 1 heterocycles. The minimum atomic E-state index is -0.215. The average molecular weight is 167 g/mol. The highest BCUT2D eigenvalue weighted by Gasteiger charge is 2.21. The number of carbonyl (C=O) groups excluding carboxylic acids is 1. The topological polar surface area (TPSA) is 38.3 Å². The number of nitrogens with one attached hydrogen (secondary N) is 1. The molecule has 1 aliphatic rings. The number of esters is 1. The van der Waals surface area contributed by atoms with E-state index >= 15 is 0 Å². The van der Waals surface area contributed by atoms with Crippen LogP contribution >= 0.6 is 0 Å². The normalized spacial score (nSPS) is 22.8. The Morgan fingerprint density at radius 3 is 3.08 bits per heavy atom. The van der Waals surface area contributed by atoms with E-state index < -0.39 is 0 Å². The SMILES string of the molecule is C#CCOC(=O)C1CCCCN1. The van der Waals surface area contributed by atoms with Gasteiger partial charge in [-0.2, -0.15) is 0 Å². The maximum atomic E-state index is 11.2. The maximum Gasteiger partial charge on any atom is 0.324 e. The van der Waals surface area contributed by atoms with Crippen LogP contribution in [0.3, 0.4) is 0 Å². The first-order chi connectivity index (χ1) is 5.84. The molecular formula is C9H13NO2. The molecule has 0 aromatic carbocycles. The summed E-state index contributed by atoms with van der Waals surface area (Å²) in [4.78, 5) is 11.2. The molecule has 66 valence electrons. The summed E-state index contributed by atoms with van der Waals surface area (Å²) in [5.74, 6) is 2.05. The Balaban J connectivity index is 2.26. The standard InChI is InChI=1S/C9H13NO2/c1-2-7-12-9(11)8-5-3-4-6-10-8/h1,8,10H,3-7H2. The second-order valence-corrected chi connectivity index (χ2v) is 2.81. The van der Waals surface area contributed by atoms with E-state index in [-0.39, 0.29) is 18.6 Å². The molecule has 3 heteroatoms.